The molecule has 0 aliphatic heterocycles. The molecule has 1 unspecified atom stereocenters. The number of halogens is 5. The van der Waals surface area contributed by atoms with Crippen LogP contribution >= 0.6 is 0 Å². The zero-order chi connectivity index (χ0) is 20.8. The lowest BCUT2D eigenvalue weighted by atomic mass is 9.77. The molecule has 154 valence electrons. The van der Waals surface area contributed by atoms with Gasteiger partial charge in [-0.15, -0.1) is 0 Å². The molecule has 0 aliphatic rings. The summed E-state index contributed by atoms with van der Waals surface area (Å²) < 4.78 is 70.1. The number of hydrogen-bond acceptors (Lipinski definition) is 4. The average Bonchev–Trinajstić information content (AvgIpc) is 2.49. The number of esters is 2. The Balaban J connectivity index is 4.44. The molecule has 0 spiro atoms. The normalized spacial score (nSPS) is 14.3. The molecule has 4 nitrogen and oxygen atoms in total. The Bertz CT molecular complexity index is 472. The molecule has 0 bridgehead atoms. The Hall–Kier alpha value is -1.41. The topological polar surface area (TPSA) is 52.6 Å². The molecule has 0 rings (SSSR count). The third-order valence-corrected chi connectivity index (χ3v) is 4.22. The second-order valence-electron chi connectivity index (χ2n) is 7.35. The van der Waals surface area contributed by atoms with E-state index in [0.717, 1.165) is 6.42 Å². The van der Waals surface area contributed by atoms with E-state index in [2.05, 4.69) is 4.74 Å². The van der Waals surface area contributed by atoms with Crippen LogP contribution in [0.25, 0.3) is 0 Å². The maximum absolute atomic E-state index is 12.6. The summed E-state index contributed by atoms with van der Waals surface area (Å²) in [4.78, 5) is 23.4. The first-order chi connectivity index (χ1) is 11.6. The largest absolute Gasteiger partial charge is 0.465 e. The highest BCUT2D eigenvalue weighted by molar-refractivity contribution is 5.74. The predicted octanol–water partition coefficient (Wildman–Crippen LogP) is 4.76. The zero-order valence-electron chi connectivity index (χ0n) is 15.7. The summed E-state index contributed by atoms with van der Waals surface area (Å²) in [5.74, 6) is -7.36. The van der Waals surface area contributed by atoms with E-state index in [4.69, 9.17) is 4.74 Å². The van der Waals surface area contributed by atoms with Gasteiger partial charge in [-0.1, -0.05) is 41.0 Å². The van der Waals surface area contributed by atoms with E-state index in [1.165, 1.54) is 0 Å². The standard InChI is InChI=1S/C17H27F5O4/c1-6-15(4,5)9-12(11(2)3)14(24)25-8-7-13(23)26-10-16(18,19)17(20,21)22/h11-12H,6-10H2,1-5H3. The highest BCUT2D eigenvalue weighted by atomic mass is 19.4. The fourth-order valence-electron chi connectivity index (χ4n) is 2.00. The second-order valence-corrected chi connectivity index (χ2v) is 7.35. The maximum atomic E-state index is 12.6. The predicted molar refractivity (Wildman–Crippen MR) is 84.6 cm³/mol. The van der Waals surface area contributed by atoms with Gasteiger partial charge < -0.3 is 9.47 Å². The minimum absolute atomic E-state index is 0.00856. The Morgan fingerprint density at radius 3 is 1.96 bits per heavy atom. The summed E-state index contributed by atoms with van der Waals surface area (Å²) in [6, 6.07) is 0. The Kier molecular flexibility index (Phi) is 8.99. The molecule has 9 heteroatoms. The quantitative estimate of drug-likeness (QED) is 0.399. The van der Waals surface area contributed by atoms with Gasteiger partial charge in [-0.3, -0.25) is 9.59 Å². The second kappa shape index (κ2) is 9.50. The van der Waals surface area contributed by atoms with Crippen molar-refractivity contribution in [3.63, 3.8) is 0 Å². The lowest BCUT2D eigenvalue weighted by Crippen LogP contribution is -2.41. The summed E-state index contributed by atoms with van der Waals surface area (Å²) in [5, 5.41) is 0. The van der Waals surface area contributed by atoms with Gasteiger partial charge in [-0.2, -0.15) is 22.0 Å². The van der Waals surface area contributed by atoms with Crippen LogP contribution in [-0.4, -0.2) is 37.3 Å². The number of hydrogen-bond donors (Lipinski definition) is 0. The number of ether oxygens (including phenoxy) is 2. The number of carbonyl (C=O) groups is 2. The molecule has 0 saturated heterocycles. The molecule has 0 aromatic rings. The Labute approximate surface area is 150 Å². The molecule has 1 atom stereocenters. The van der Waals surface area contributed by atoms with Crippen LogP contribution in [0.2, 0.25) is 0 Å². The summed E-state index contributed by atoms with van der Waals surface area (Å²) in [5.41, 5.74) is -0.0872. The van der Waals surface area contributed by atoms with Gasteiger partial charge in [0, 0.05) is 0 Å². The number of carbonyl (C=O) groups excluding carboxylic acids is 2. The molecule has 0 amide bonds. The first-order valence-corrected chi connectivity index (χ1v) is 8.40. The van der Waals surface area contributed by atoms with Crippen molar-refractivity contribution in [2.45, 2.75) is 66.0 Å². The first kappa shape index (κ1) is 24.6. The molecule has 26 heavy (non-hydrogen) atoms. The molecular formula is C17H27F5O4. The van der Waals surface area contributed by atoms with Crippen molar-refractivity contribution >= 4 is 11.9 Å². The van der Waals surface area contributed by atoms with E-state index in [9.17, 15) is 31.5 Å². The van der Waals surface area contributed by atoms with Crippen LogP contribution in [0.1, 0.15) is 53.9 Å². The Morgan fingerprint density at radius 2 is 1.54 bits per heavy atom. The monoisotopic (exact) mass is 390 g/mol. The SMILES string of the molecule is CCC(C)(C)CC(C(=O)OCCC(=O)OCC(F)(F)C(F)(F)F)C(C)C. The van der Waals surface area contributed by atoms with E-state index < -0.39 is 49.6 Å². The van der Waals surface area contributed by atoms with Crippen LogP contribution in [0.15, 0.2) is 0 Å². The van der Waals surface area contributed by atoms with E-state index in [1.807, 2.05) is 34.6 Å². The van der Waals surface area contributed by atoms with Gasteiger partial charge in [-0.25, -0.2) is 0 Å². The molecule has 0 aliphatic carbocycles. The Morgan fingerprint density at radius 1 is 1.00 bits per heavy atom. The summed E-state index contributed by atoms with van der Waals surface area (Å²) in [6.45, 7) is 7.18. The van der Waals surface area contributed by atoms with E-state index in [0.29, 0.717) is 6.42 Å². The zero-order valence-corrected chi connectivity index (χ0v) is 15.7. The maximum Gasteiger partial charge on any atom is 0.456 e. The lowest BCUT2D eigenvalue weighted by molar-refractivity contribution is -0.294. The van der Waals surface area contributed by atoms with Crippen molar-refractivity contribution in [2.75, 3.05) is 13.2 Å². The minimum Gasteiger partial charge on any atom is -0.465 e. The van der Waals surface area contributed by atoms with Crippen LogP contribution in [-0.2, 0) is 19.1 Å². The van der Waals surface area contributed by atoms with Crippen molar-refractivity contribution in [1.29, 1.82) is 0 Å². The van der Waals surface area contributed by atoms with Gasteiger partial charge in [0.05, 0.1) is 12.3 Å². The fraction of sp³-hybridized carbons (Fsp3) is 0.882. The molecule has 0 N–H and O–H groups in total. The van der Waals surface area contributed by atoms with Gasteiger partial charge in [0.1, 0.15) is 6.61 Å². The molecule has 0 fully saturated rings. The van der Waals surface area contributed by atoms with Gasteiger partial charge in [0.25, 0.3) is 0 Å². The van der Waals surface area contributed by atoms with Crippen LogP contribution in [0.3, 0.4) is 0 Å². The van der Waals surface area contributed by atoms with Crippen molar-refractivity contribution in [2.24, 2.45) is 17.3 Å². The number of alkyl halides is 5. The van der Waals surface area contributed by atoms with E-state index in [1.54, 1.807) is 0 Å². The van der Waals surface area contributed by atoms with Crippen LogP contribution < -0.4 is 0 Å². The number of rotatable bonds is 10. The van der Waals surface area contributed by atoms with Crippen molar-refractivity contribution in [3.05, 3.63) is 0 Å². The fourth-order valence-corrected chi connectivity index (χ4v) is 2.00. The van der Waals surface area contributed by atoms with Crippen molar-refractivity contribution < 1.29 is 41.0 Å². The van der Waals surface area contributed by atoms with Gasteiger partial charge in [-0.05, 0) is 17.8 Å². The molecule has 0 heterocycles. The summed E-state index contributed by atoms with van der Waals surface area (Å²) in [6.07, 6.45) is -4.97. The third-order valence-electron chi connectivity index (χ3n) is 4.22. The van der Waals surface area contributed by atoms with Crippen LogP contribution in [0, 0.1) is 17.3 Å². The average molecular weight is 390 g/mol. The van der Waals surface area contributed by atoms with E-state index in [-0.39, 0.29) is 11.3 Å². The first-order valence-electron chi connectivity index (χ1n) is 8.40. The molecule has 0 radical (unpaired) electrons. The molecule has 0 saturated carbocycles. The highest BCUT2D eigenvalue weighted by Crippen LogP contribution is 2.35. The summed E-state index contributed by atoms with van der Waals surface area (Å²) >= 11 is 0. The van der Waals surface area contributed by atoms with Crippen molar-refractivity contribution in [1.82, 2.24) is 0 Å². The highest BCUT2D eigenvalue weighted by Gasteiger charge is 2.58. The molecule has 0 aromatic carbocycles. The van der Waals surface area contributed by atoms with Gasteiger partial charge in [0.2, 0.25) is 0 Å². The smallest absolute Gasteiger partial charge is 0.456 e. The van der Waals surface area contributed by atoms with Crippen molar-refractivity contribution in [3.8, 4) is 0 Å². The van der Waals surface area contributed by atoms with E-state index >= 15 is 0 Å². The van der Waals surface area contributed by atoms with Crippen LogP contribution in [0.5, 0.6) is 0 Å². The minimum atomic E-state index is -5.80. The summed E-state index contributed by atoms with van der Waals surface area (Å²) in [7, 11) is 0. The third kappa shape index (κ3) is 8.31. The van der Waals surface area contributed by atoms with Gasteiger partial charge in [0.15, 0.2) is 6.61 Å². The molecular weight excluding hydrogens is 363 g/mol. The lowest BCUT2D eigenvalue weighted by Gasteiger charge is -2.29. The van der Waals surface area contributed by atoms with Gasteiger partial charge >= 0.3 is 24.0 Å². The van der Waals surface area contributed by atoms with Crippen LogP contribution in [0.4, 0.5) is 22.0 Å². The molecule has 0 aromatic heterocycles.